The molecule has 2 fully saturated rings. The molecule has 4 atom stereocenters. The minimum absolute atomic E-state index is 0.0201. The van der Waals surface area contributed by atoms with Gasteiger partial charge in [0.05, 0.1) is 19.8 Å². The highest BCUT2D eigenvalue weighted by Crippen LogP contribution is 2.35. The molecule has 4 rings (SSSR count). The fraction of sp³-hybridized carbons (Fsp3) is 0.455. The molecular weight excluding hydrogens is 344 g/mol. The Kier molecular flexibility index (Phi) is 5.19. The second kappa shape index (κ2) is 7.60. The maximum atomic E-state index is 9.41. The molecule has 0 aliphatic carbocycles. The van der Waals surface area contributed by atoms with Gasteiger partial charge < -0.3 is 24.1 Å². The summed E-state index contributed by atoms with van der Waals surface area (Å²) < 4.78 is 23.3. The Morgan fingerprint density at radius 2 is 1.67 bits per heavy atom. The average molecular weight is 370 g/mol. The van der Waals surface area contributed by atoms with Crippen molar-refractivity contribution in [1.82, 2.24) is 0 Å². The molecule has 0 saturated carbocycles. The van der Waals surface area contributed by atoms with Crippen LogP contribution in [0.2, 0.25) is 0 Å². The molecular formula is C22H26O5. The number of aryl methyl sites for hydroxylation is 2. The largest absolute Gasteiger partial charge is 0.485 e. The summed E-state index contributed by atoms with van der Waals surface area (Å²) in [5.41, 5.74) is 5.46. The van der Waals surface area contributed by atoms with Gasteiger partial charge in [-0.05, 0) is 59.9 Å². The number of methoxy groups -OCH3 is 1. The highest BCUT2D eigenvalue weighted by molar-refractivity contribution is 5.72. The number of fused-ring (bicyclic) bond motifs is 1. The number of aliphatic hydroxyl groups excluding tert-OH is 1. The van der Waals surface area contributed by atoms with Crippen molar-refractivity contribution in [2.24, 2.45) is 0 Å². The minimum atomic E-state index is -0.127. The summed E-state index contributed by atoms with van der Waals surface area (Å²) in [6, 6.07) is 12.1. The number of benzene rings is 2. The molecule has 2 aliphatic heterocycles. The van der Waals surface area contributed by atoms with E-state index in [0.717, 1.165) is 28.0 Å². The molecule has 144 valence electrons. The Bertz CT molecular complexity index is 795. The summed E-state index contributed by atoms with van der Waals surface area (Å²) in [4.78, 5) is 0. The van der Waals surface area contributed by atoms with Gasteiger partial charge >= 0.3 is 0 Å². The van der Waals surface area contributed by atoms with Gasteiger partial charge in [-0.2, -0.15) is 0 Å². The van der Waals surface area contributed by atoms with Crippen molar-refractivity contribution in [2.45, 2.75) is 44.9 Å². The molecule has 27 heavy (non-hydrogen) atoms. The van der Waals surface area contributed by atoms with Gasteiger partial charge in [-0.3, -0.25) is 0 Å². The average Bonchev–Trinajstić information content (AvgIpc) is 3.24. The van der Waals surface area contributed by atoms with E-state index in [2.05, 4.69) is 32.0 Å². The Labute approximate surface area is 159 Å². The first-order valence-electron chi connectivity index (χ1n) is 9.34. The Morgan fingerprint density at radius 3 is 2.33 bits per heavy atom. The molecule has 2 saturated heterocycles. The second-order valence-electron chi connectivity index (χ2n) is 7.32. The number of rotatable bonds is 5. The molecule has 1 N–H and O–H groups in total. The van der Waals surface area contributed by atoms with Gasteiger partial charge in [0.2, 0.25) is 0 Å². The van der Waals surface area contributed by atoms with Crippen LogP contribution in [0.4, 0.5) is 0 Å². The zero-order valence-electron chi connectivity index (χ0n) is 16.0. The van der Waals surface area contributed by atoms with Crippen molar-refractivity contribution in [2.75, 3.05) is 20.3 Å². The summed E-state index contributed by atoms with van der Waals surface area (Å²) >= 11 is 0. The molecule has 5 nitrogen and oxygen atoms in total. The van der Waals surface area contributed by atoms with E-state index in [1.165, 1.54) is 5.56 Å². The number of aliphatic hydroxyl groups is 1. The van der Waals surface area contributed by atoms with Crippen LogP contribution in [-0.2, 0) is 20.8 Å². The van der Waals surface area contributed by atoms with Crippen LogP contribution in [-0.4, -0.2) is 49.8 Å². The predicted octanol–water partition coefficient (Wildman–Crippen LogP) is 3.02. The monoisotopic (exact) mass is 370 g/mol. The third kappa shape index (κ3) is 3.48. The van der Waals surface area contributed by atoms with E-state index >= 15 is 0 Å². The lowest BCUT2D eigenvalue weighted by atomic mass is 9.94. The van der Waals surface area contributed by atoms with Gasteiger partial charge in [0, 0.05) is 7.11 Å². The summed E-state index contributed by atoms with van der Waals surface area (Å²) in [7, 11) is 1.69. The number of ether oxygens (including phenoxy) is 4. The van der Waals surface area contributed by atoms with Crippen LogP contribution in [0.1, 0.15) is 16.7 Å². The van der Waals surface area contributed by atoms with Gasteiger partial charge in [-0.15, -0.1) is 0 Å². The molecule has 0 amide bonds. The van der Waals surface area contributed by atoms with Gasteiger partial charge in [0.1, 0.15) is 24.1 Å². The Morgan fingerprint density at radius 1 is 1.00 bits per heavy atom. The van der Waals surface area contributed by atoms with Crippen LogP contribution in [0.25, 0.3) is 11.1 Å². The van der Waals surface area contributed by atoms with E-state index < -0.39 is 0 Å². The van der Waals surface area contributed by atoms with E-state index in [0.29, 0.717) is 13.2 Å². The summed E-state index contributed by atoms with van der Waals surface area (Å²) in [6.45, 7) is 5.26. The van der Waals surface area contributed by atoms with Gasteiger partial charge in [-0.1, -0.05) is 18.2 Å². The molecule has 2 aliphatic rings. The van der Waals surface area contributed by atoms with Gasteiger partial charge in [0.25, 0.3) is 0 Å². The first-order chi connectivity index (χ1) is 13.1. The maximum Gasteiger partial charge on any atom is 0.151 e. The third-order valence-corrected chi connectivity index (χ3v) is 5.46. The first kappa shape index (κ1) is 18.4. The number of hydrogen-bond acceptors (Lipinski definition) is 5. The van der Waals surface area contributed by atoms with Crippen LogP contribution < -0.4 is 4.74 Å². The normalized spacial score (nSPS) is 27.0. The van der Waals surface area contributed by atoms with E-state index in [9.17, 15) is 5.11 Å². The molecule has 2 aromatic rings. The smallest absolute Gasteiger partial charge is 0.151 e. The maximum absolute atomic E-state index is 9.41. The van der Waals surface area contributed by atoms with Crippen LogP contribution in [0.5, 0.6) is 5.75 Å². The van der Waals surface area contributed by atoms with Crippen LogP contribution in [0.15, 0.2) is 36.4 Å². The summed E-state index contributed by atoms with van der Waals surface area (Å²) in [6.07, 6.45) is -0.287. The molecule has 2 heterocycles. The molecule has 0 spiro atoms. The quantitative estimate of drug-likeness (QED) is 0.877. The Hall–Kier alpha value is -1.92. The van der Waals surface area contributed by atoms with E-state index in [4.69, 9.17) is 18.9 Å². The summed E-state index contributed by atoms with van der Waals surface area (Å²) in [5, 5.41) is 9.41. The standard InChI is InChI=1S/C22H26O5/c1-13-7-17(27-19-12-26-21-18(24-3)11-25-22(19)21)8-14(2)20(13)16-6-4-5-15(9-16)10-23/h4-9,18-19,21-23H,10-12H2,1-3H3/t18-,19+,21-,22?/m1/s1. The molecule has 1 unspecified atom stereocenters. The lowest BCUT2D eigenvalue weighted by Crippen LogP contribution is -2.35. The van der Waals surface area contributed by atoms with Crippen LogP contribution >= 0.6 is 0 Å². The van der Waals surface area contributed by atoms with Crippen molar-refractivity contribution in [3.63, 3.8) is 0 Å². The van der Waals surface area contributed by atoms with Gasteiger partial charge in [0.15, 0.2) is 6.10 Å². The predicted molar refractivity (Wildman–Crippen MR) is 102 cm³/mol. The fourth-order valence-electron chi connectivity index (χ4n) is 4.18. The lowest BCUT2D eigenvalue weighted by Gasteiger charge is -2.20. The van der Waals surface area contributed by atoms with Crippen molar-refractivity contribution in [3.8, 4) is 16.9 Å². The van der Waals surface area contributed by atoms with Crippen LogP contribution in [0, 0.1) is 13.8 Å². The SMILES string of the molecule is CO[C@@H]1COC2[C@@H](Oc3cc(C)c(-c4cccc(CO)c4)c(C)c3)CO[C@@H]21. The topological polar surface area (TPSA) is 57.2 Å². The molecule has 0 bridgehead atoms. The molecule has 2 aromatic carbocycles. The highest BCUT2D eigenvalue weighted by Gasteiger charge is 2.49. The Balaban J connectivity index is 1.56. The number of hydrogen-bond donors (Lipinski definition) is 1. The first-order valence-corrected chi connectivity index (χ1v) is 9.34. The highest BCUT2D eigenvalue weighted by atomic mass is 16.6. The molecule has 0 aromatic heterocycles. The second-order valence-corrected chi connectivity index (χ2v) is 7.32. The van der Waals surface area contributed by atoms with Gasteiger partial charge in [-0.25, -0.2) is 0 Å². The third-order valence-electron chi connectivity index (χ3n) is 5.46. The molecule has 0 radical (unpaired) electrons. The zero-order chi connectivity index (χ0) is 19.0. The van der Waals surface area contributed by atoms with Crippen molar-refractivity contribution in [3.05, 3.63) is 53.1 Å². The fourth-order valence-corrected chi connectivity index (χ4v) is 4.18. The van der Waals surface area contributed by atoms with Crippen LogP contribution in [0.3, 0.4) is 0 Å². The minimum Gasteiger partial charge on any atom is -0.485 e. The van der Waals surface area contributed by atoms with Crippen molar-refractivity contribution >= 4 is 0 Å². The zero-order valence-corrected chi connectivity index (χ0v) is 16.0. The van der Waals surface area contributed by atoms with E-state index in [1.807, 2.05) is 18.2 Å². The lowest BCUT2D eigenvalue weighted by molar-refractivity contribution is -0.0138. The van der Waals surface area contributed by atoms with E-state index in [1.54, 1.807) is 7.11 Å². The molecule has 5 heteroatoms. The van der Waals surface area contributed by atoms with Crippen molar-refractivity contribution in [1.29, 1.82) is 0 Å². The van der Waals surface area contributed by atoms with Crippen molar-refractivity contribution < 1.29 is 24.1 Å². The van der Waals surface area contributed by atoms with E-state index in [-0.39, 0.29) is 31.0 Å². The summed E-state index contributed by atoms with van der Waals surface area (Å²) in [5.74, 6) is 0.825.